The molecule has 2 aromatic heterocycles. The Balaban J connectivity index is 1.82. The number of aryl methyl sites for hydroxylation is 1. The summed E-state index contributed by atoms with van der Waals surface area (Å²) >= 11 is 3.45. The Morgan fingerprint density at radius 3 is 3.06 bits per heavy atom. The molecule has 2 N–H and O–H groups in total. The second kappa shape index (κ2) is 3.57. The summed E-state index contributed by atoms with van der Waals surface area (Å²) in [6.45, 7) is 0. The molecule has 2 aromatic rings. The van der Waals surface area contributed by atoms with E-state index in [2.05, 4.69) is 31.5 Å². The topological polar surface area (TPSA) is 43.3 Å². The van der Waals surface area contributed by atoms with Crippen molar-refractivity contribution in [2.24, 2.45) is 5.73 Å². The molecule has 2 heterocycles. The van der Waals surface area contributed by atoms with Gasteiger partial charge in [-0.15, -0.1) is 0 Å². The molecule has 3 nitrogen and oxygen atoms in total. The molecule has 0 unspecified atom stereocenters. The van der Waals surface area contributed by atoms with Gasteiger partial charge < -0.3 is 10.1 Å². The highest BCUT2D eigenvalue weighted by Gasteiger charge is 2.37. The summed E-state index contributed by atoms with van der Waals surface area (Å²) in [5, 5.41) is 0. The number of nitrogens with two attached hydrogens (primary N) is 1. The first-order valence-electron chi connectivity index (χ1n) is 5.57. The average Bonchev–Trinajstić information content (AvgIpc) is 2.85. The fraction of sp³-hybridized carbons (Fsp3) is 0.417. The highest BCUT2D eigenvalue weighted by atomic mass is 79.9. The molecule has 1 saturated carbocycles. The minimum Gasteiger partial charge on any atom is -0.325 e. The van der Waals surface area contributed by atoms with Gasteiger partial charge in [-0.2, -0.15) is 0 Å². The number of fused-ring (bicyclic) bond motifs is 1. The summed E-state index contributed by atoms with van der Waals surface area (Å²) in [5.41, 5.74) is 8.32. The first-order valence-corrected chi connectivity index (χ1v) is 6.36. The van der Waals surface area contributed by atoms with Crippen LogP contribution in [0.4, 0.5) is 0 Å². The Hall–Kier alpha value is -0.870. The lowest BCUT2D eigenvalue weighted by atomic mass is 10.1. The molecule has 0 amide bonds. The van der Waals surface area contributed by atoms with Crippen molar-refractivity contribution >= 4 is 21.6 Å². The number of hydrogen-bond acceptors (Lipinski definition) is 2. The van der Waals surface area contributed by atoms with Crippen LogP contribution in [0.25, 0.3) is 5.65 Å². The van der Waals surface area contributed by atoms with Crippen LogP contribution in [-0.4, -0.2) is 14.9 Å². The van der Waals surface area contributed by atoms with Crippen molar-refractivity contribution in [2.45, 2.75) is 31.2 Å². The predicted molar refractivity (Wildman–Crippen MR) is 67.4 cm³/mol. The van der Waals surface area contributed by atoms with Crippen LogP contribution in [0.5, 0.6) is 0 Å². The van der Waals surface area contributed by atoms with Crippen LogP contribution in [-0.2, 0) is 6.42 Å². The van der Waals surface area contributed by atoms with E-state index in [-0.39, 0.29) is 5.54 Å². The summed E-state index contributed by atoms with van der Waals surface area (Å²) in [7, 11) is 0. The Bertz CT molecular complexity index is 528. The largest absolute Gasteiger partial charge is 0.325 e. The lowest BCUT2D eigenvalue weighted by molar-refractivity contribution is 0.604. The zero-order chi connectivity index (χ0) is 11.2. The molecule has 0 radical (unpaired) electrons. The van der Waals surface area contributed by atoms with Gasteiger partial charge in [0.25, 0.3) is 0 Å². The maximum Gasteiger partial charge on any atom is 0.138 e. The van der Waals surface area contributed by atoms with Gasteiger partial charge in [0.1, 0.15) is 5.65 Å². The zero-order valence-corrected chi connectivity index (χ0v) is 10.6. The van der Waals surface area contributed by atoms with Gasteiger partial charge in [0.05, 0.1) is 5.69 Å². The van der Waals surface area contributed by atoms with Crippen LogP contribution in [0.2, 0.25) is 0 Å². The van der Waals surface area contributed by atoms with Crippen LogP contribution in [0.1, 0.15) is 25.0 Å². The van der Waals surface area contributed by atoms with Crippen molar-refractivity contribution in [3.8, 4) is 0 Å². The van der Waals surface area contributed by atoms with Gasteiger partial charge >= 0.3 is 0 Å². The van der Waals surface area contributed by atoms with Crippen LogP contribution >= 0.6 is 15.9 Å². The number of rotatable bonds is 3. The number of aromatic nitrogens is 2. The van der Waals surface area contributed by atoms with Crippen molar-refractivity contribution in [1.29, 1.82) is 0 Å². The molecular formula is C12H14BrN3. The molecule has 0 bridgehead atoms. The van der Waals surface area contributed by atoms with Crippen LogP contribution in [0.15, 0.2) is 29.0 Å². The van der Waals surface area contributed by atoms with E-state index in [0.717, 1.165) is 28.7 Å². The number of nitrogens with zero attached hydrogens (tertiary/aromatic N) is 2. The lowest BCUT2D eigenvalue weighted by Gasteiger charge is -2.04. The van der Waals surface area contributed by atoms with Crippen LogP contribution in [0.3, 0.4) is 0 Å². The summed E-state index contributed by atoms with van der Waals surface area (Å²) in [6, 6.07) is 4.04. The van der Waals surface area contributed by atoms with E-state index in [1.54, 1.807) is 0 Å². The normalized spacial score (nSPS) is 17.9. The molecule has 3 rings (SSSR count). The van der Waals surface area contributed by atoms with Gasteiger partial charge in [-0.3, -0.25) is 0 Å². The number of imidazole rings is 1. The summed E-state index contributed by atoms with van der Waals surface area (Å²) < 4.78 is 3.12. The molecular weight excluding hydrogens is 266 g/mol. The van der Waals surface area contributed by atoms with E-state index >= 15 is 0 Å². The molecule has 84 valence electrons. The minimum absolute atomic E-state index is 0.121. The number of pyridine rings is 1. The maximum absolute atomic E-state index is 6.07. The average molecular weight is 280 g/mol. The highest BCUT2D eigenvalue weighted by Crippen LogP contribution is 2.36. The SMILES string of the molecule is NC1(CCc2cn3ccc(Br)cc3n2)CC1. The standard InChI is InChI=1S/C12H14BrN3/c13-9-2-6-16-8-10(15-11(16)7-9)1-3-12(14)4-5-12/h2,6-8H,1,3-5,14H2. The van der Waals surface area contributed by atoms with E-state index < -0.39 is 0 Å². The second-order valence-corrected chi connectivity index (χ2v) is 5.62. The molecule has 1 aliphatic rings. The third kappa shape index (κ3) is 1.99. The molecule has 1 fully saturated rings. The highest BCUT2D eigenvalue weighted by molar-refractivity contribution is 9.10. The maximum atomic E-state index is 6.07. The summed E-state index contributed by atoms with van der Waals surface area (Å²) in [6.07, 6.45) is 8.49. The lowest BCUT2D eigenvalue weighted by Crippen LogP contribution is -2.22. The van der Waals surface area contributed by atoms with Crippen molar-refractivity contribution < 1.29 is 0 Å². The molecule has 0 saturated heterocycles. The third-order valence-electron chi connectivity index (χ3n) is 3.24. The zero-order valence-electron chi connectivity index (χ0n) is 8.99. The van der Waals surface area contributed by atoms with E-state index in [9.17, 15) is 0 Å². The first-order chi connectivity index (χ1) is 7.65. The van der Waals surface area contributed by atoms with Gasteiger partial charge in [0.2, 0.25) is 0 Å². The third-order valence-corrected chi connectivity index (χ3v) is 3.74. The van der Waals surface area contributed by atoms with Gasteiger partial charge in [-0.25, -0.2) is 4.98 Å². The van der Waals surface area contributed by atoms with Crippen molar-refractivity contribution in [2.75, 3.05) is 0 Å². The van der Waals surface area contributed by atoms with Gasteiger partial charge in [0, 0.05) is 22.4 Å². The van der Waals surface area contributed by atoms with E-state index in [4.69, 9.17) is 5.73 Å². The van der Waals surface area contributed by atoms with Crippen molar-refractivity contribution in [1.82, 2.24) is 9.38 Å². The fourth-order valence-corrected chi connectivity index (χ4v) is 2.24. The Labute approximate surface area is 103 Å². The minimum atomic E-state index is 0.121. The fourth-order valence-electron chi connectivity index (χ4n) is 1.92. The second-order valence-electron chi connectivity index (χ2n) is 4.71. The Morgan fingerprint density at radius 1 is 1.50 bits per heavy atom. The number of hydrogen-bond donors (Lipinski definition) is 1. The summed E-state index contributed by atoms with van der Waals surface area (Å²) in [5.74, 6) is 0. The Morgan fingerprint density at radius 2 is 2.31 bits per heavy atom. The predicted octanol–water partition coefficient (Wildman–Crippen LogP) is 2.52. The molecule has 0 spiro atoms. The van der Waals surface area contributed by atoms with E-state index in [1.807, 2.05) is 18.3 Å². The Kier molecular flexibility index (Phi) is 2.30. The van der Waals surface area contributed by atoms with Gasteiger partial charge in [-0.1, -0.05) is 15.9 Å². The van der Waals surface area contributed by atoms with Crippen molar-refractivity contribution in [3.05, 3.63) is 34.7 Å². The quantitative estimate of drug-likeness (QED) is 0.938. The first kappa shape index (κ1) is 10.3. The monoisotopic (exact) mass is 279 g/mol. The van der Waals surface area contributed by atoms with E-state index in [1.165, 1.54) is 12.8 Å². The molecule has 16 heavy (non-hydrogen) atoms. The van der Waals surface area contributed by atoms with Gasteiger partial charge in [0.15, 0.2) is 0 Å². The van der Waals surface area contributed by atoms with E-state index in [0.29, 0.717) is 0 Å². The summed E-state index contributed by atoms with van der Waals surface area (Å²) in [4.78, 5) is 4.58. The number of halogens is 1. The molecule has 1 aliphatic carbocycles. The molecule has 0 aromatic carbocycles. The van der Waals surface area contributed by atoms with Crippen LogP contribution < -0.4 is 5.73 Å². The smallest absolute Gasteiger partial charge is 0.138 e. The van der Waals surface area contributed by atoms with Crippen molar-refractivity contribution in [3.63, 3.8) is 0 Å². The van der Waals surface area contributed by atoms with Crippen LogP contribution in [0, 0.1) is 0 Å². The van der Waals surface area contributed by atoms with Gasteiger partial charge in [-0.05, 0) is 37.8 Å². The molecule has 0 aliphatic heterocycles. The molecule has 4 heteroatoms. The molecule has 0 atom stereocenters.